The van der Waals surface area contributed by atoms with E-state index in [0.717, 1.165) is 30.8 Å². The van der Waals surface area contributed by atoms with Gasteiger partial charge in [-0.05, 0) is 19.1 Å². The Balaban J connectivity index is 2.25. The van der Waals surface area contributed by atoms with Crippen LogP contribution in [-0.4, -0.2) is 30.3 Å². The van der Waals surface area contributed by atoms with E-state index >= 15 is 0 Å². The van der Waals surface area contributed by atoms with Gasteiger partial charge in [-0.2, -0.15) is 0 Å². The predicted molar refractivity (Wildman–Crippen MR) is 47.7 cm³/mol. The maximum atomic E-state index is 5.36. The molecule has 1 aliphatic rings. The number of aromatic nitrogens is 1. The molecule has 2 heterocycles. The van der Waals surface area contributed by atoms with Gasteiger partial charge in [0.15, 0.2) is 0 Å². The maximum absolute atomic E-state index is 5.36. The summed E-state index contributed by atoms with van der Waals surface area (Å²) in [6.45, 7) is 4.51. The molecule has 1 aliphatic heterocycles. The quantitative estimate of drug-likeness (QED) is 0.685. The molecule has 0 radical (unpaired) electrons. The standard InChI is InChI=1S/C9H14N2O2/c1-3-12-9-7-6-11(2)5-4-8(7)13-10-9/h3-6H2,1-2H3. The van der Waals surface area contributed by atoms with Crippen molar-refractivity contribution >= 4 is 0 Å². The highest BCUT2D eigenvalue weighted by atomic mass is 16.5. The van der Waals surface area contributed by atoms with Crippen LogP contribution in [0.1, 0.15) is 18.2 Å². The van der Waals surface area contributed by atoms with Crippen molar-refractivity contribution in [2.75, 3.05) is 20.2 Å². The lowest BCUT2D eigenvalue weighted by Crippen LogP contribution is -2.25. The van der Waals surface area contributed by atoms with Crippen molar-refractivity contribution in [1.29, 1.82) is 0 Å². The molecule has 0 aromatic carbocycles. The van der Waals surface area contributed by atoms with Crippen LogP contribution in [0, 0.1) is 0 Å². The fourth-order valence-corrected chi connectivity index (χ4v) is 1.57. The van der Waals surface area contributed by atoms with E-state index in [2.05, 4.69) is 17.1 Å². The Hall–Kier alpha value is -1.03. The molecule has 0 unspecified atom stereocenters. The Morgan fingerprint density at radius 1 is 1.62 bits per heavy atom. The van der Waals surface area contributed by atoms with Crippen LogP contribution < -0.4 is 4.74 Å². The Morgan fingerprint density at radius 2 is 2.46 bits per heavy atom. The van der Waals surface area contributed by atoms with Crippen LogP contribution >= 0.6 is 0 Å². The first-order valence-corrected chi connectivity index (χ1v) is 4.60. The number of hydrogen-bond acceptors (Lipinski definition) is 4. The summed E-state index contributed by atoms with van der Waals surface area (Å²) in [4.78, 5) is 2.24. The second kappa shape index (κ2) is 3.38. The van der Waals surface area contributed by atoms with E-state index in [1.165, 1.54) is 0 Å². The summed E-state index contributed by atoms with van der Waals surface area (Å²) < 4.78 is 10.5. The average molecular weight is 182 g/mol. The molecule has 0 atom stereocenters. The van der Waals surface area contributed by atoms with Crippen LogP contribution in [0.3, 0.4) is 0 Å². The summed E-state index contributed by atoms with van der Waals surface area (Å²) in [5.74, 6) is 1.66. The lowest BCUT2D eigenvalue weighted by molar-refractivity contribution is 0.281. The molecule has 0 spiro atoms. The Labute approximate surface area is 77.5 Å². The highest BCUT2D eigenvalue weighted by molar-refractivity contribution is 5.29. The molecule has 4 nitrogen and oxygen atoms in total. The van der Waals surface area contributed by atoms with Crippen LogP contribution in [0.2, 0.25) is 0 Å². The molecule has 0 aliphatic carbocycles. The number of fused-ring (bicyclic) bond motifs is 1. The van der Waals surface area contributed by atoms with Gasteiger partial charge in [0.05, 0.1) is 12.2 Å². The van der Waals surface area contributed by atoms with Gasteiger partial charge in [0.25, 0.3) is 5.88 Å². The summed E-state index contributed by atoms with van der Waals surface area (Å²) in [5, 5.41) is 3.90. The van der Waals surface area contributed by atoms with E-state index in [-0.39, 0.29) is 0 Å². The number of likely N-dealkylation sites (N-methyl/N-ethyl adjacent to an activating group) is 1. The Bertz CT molecular complexity index is 296. The lowest BCUT2D eigenvalue weighted by atomic mass is 10.1. The first-order valence-electron chi connectivity index (χ1n) is 4.60. The van der Waals surface area contributed by atoms with Crippen molar-refractivity contribution in [2.45, 2.75) is 19.9 Å². The van der Waals surface area contributed by atoms with Crippen molar-refractivity contribution < 1.29 is 9.26 Å². The molecular weight excluding hydrogens is 168 g/mol. The molecule has 4 heteroatoms. The largest absolute Gasteiger partial charge is 0.476 e. The molecule has 0 N–H and O–H groups in total. The van der Waals surface area contributed by atoms with Crippen LogP contribution in [0.4, 0.5) is 0 Å². The topological polar surface area (TPSA) is 38.5 Å². The Kier molecular flexibility index (Phi) is 2.22. The summed E-state index contributed by atoms with van der Waals surface area (Å²) in [5.41, 5.74) is 1.12. The number of hydrogen-bond donors (Lipinski definition) is 0. The zero-order valence-corrected chi connectivity index (χ0v) is 8.04. The summed E-state index contributed by atoms with van der Waals surface area (Å²) >= 11 is 0. The minimum Gasteiger partial charge on any atom is -0.476 e. The van der Waals surface area contributed by atoms with Crippen molar-refractivity contribution in [1.82, 2.24) is 10.1 Å². The summed E-state index contributed by atoms with van der Waals surface area (Å²) in [7, 11) is 2.09. The van der Waals surface area contributed by atoms with Gasteiger partial charge in [0.2, 0.25) is 0 Å². The first-order chi connectivity index (χ1) is 6.31. The fourth-order valence-electron chi connectivity index (χ4n) is 1.57. The highest BCUT2D eigenvalue weighted by Gasteiger charge is 2.22. The van der Waals surface area contributed by atoms with Crippen LogP contribution in [0.25, 0.3) is 0 Å². The molecular formula is C9H14N2O2. The lowest BCUT2D eigenvalue weighted by Gasteiger charge is -2.20. The van der Waals surface area contributed by atoms with Gasteiger partial charge in [0.1, 0.15) is 5.76 Å². The van der Waals surface area contributed by atoms with E-state index in [9.17, 15) is 0 Å². The maximum Gasteiger partial charge on any atom is 0.258 e. The van der Waals surface area contributed by atoms with Gasteiger partial charge in [-0.1, -0.05) is 0 Å². The van der Waals surface area contributed by atoms with Crippen LogP contribution in [-0.2, 0) is 13.0 Å². The van der Waals surface area contributed by atoms with E-state index < -0.39 is 0 Å². The number of nitrogens with zero attached hydrogens (tertiary/aromatic N) is 2. The second-order valence-electron chi connectivity index (χ2n) is 3.31. The molecule has 1 aromatic rings. The van der Waals surface area contributed by atoms with Crippen molar-refractivity contribution in [3.63, 3.8) is 0 Å². The molecule has 0 amide bonds. The second-order valence-corrected chi connectivity index (χ2v) is 3.31. The van der Waals surface area contributed by atoms with Gasteiger partial charge < -0.3 is 14.2 Å². The minimum atomic E-state index is 0.642. The summed E-state index contributed by atoms with van der Waals surface area (Å²) in [6.07, 6.45) is 0.936. The van der Waals surface area contributed by atoms with Crippen LogP contribution in [0.5, 0.6) is 5.88 Å². The van der Waals surface area contributed by atoms with Crippen molar-refractivity contribution in [2.24, 2.45) is 0 Å². The van der Waals surface area contributed by atoms with Gasteiger partial charge in [0, 0.05) is 19.5 Å². The average Bonchev–Trinajstić information content (AvgIpc) is 2.49. The zero-order valence-electron chi connectivity index (χ0n) is 8.04. The molecule has 0 saturated carbocycles. The normalized spacial score (nSPS) is 17.1. The molecule has 0 fully saturated rings. The third-order valence-corrected chi connectivity index (χ3v) is 2.26. The molecule has 13 heavy (non-hydrogen) atoms. The van der Waals surface area contributed by atoms with Gasteiger partial charge in [-0.25, -0.2) is 0 Å². The monoisotopic (exact) mass is 182 g/mol. The predicted octanol–water partition coefficient (Wildman–Crippen LogP) is 1.06. The van der Waals surface area contributed by atoms with E-state index in [4.69, 9.17) is 9.26 Å². The number of rotatable bonds is 2. The fraction of sp³-hybridized carbons (Fsp3) is 0.667. The molecule has 1 aromatic heterocycles. The number of ether oxygens (including phenoxy) is 1. The molecule has 0 saturated heterocycles. The minimum absolute atomic E-state index is 0.642. The van der Waals surface area contributed by atoms with Crippen molar-refractivity contribution in [3.05, 3.63) is 11.3 Å². The third kappa shape index (κ3) is 1.54. The van der Waals surface area contributed by atoms with Gasteiger partial charge in [-0.3, -0.25) is 0 Å². The van der Waals surface area contributed by atoms with Gasteiger partial charge in [-0.15, -0.1) is 0 Å². The van der Waals surface area contributed by atoms with E-state index in [1.807, 2.05) is 6.92 Å². The highest BCUT2D eigenvalue weighted by Crippen LogP contribution is 2.26. The van der Waals surface area contributed by atoms with Crippen LogP contribution in [0.15, 0.2) is 4.52 Å². The van der Waals surface area contributed by atoms with E-state index in [0.29, 0.717) is 12.5 Å². The Morgan fingerprint density at radius 3 is 3.23 bits per heavy atom. The van der Waals surface area contributed by atoms with Gasteiger partial charge >= 0.3 is 0 Å². The smallest absolute Gasteiger partial charge is 0.258 e. The van der Waals surface area contributed by atoms with E-state index in [1.54, 1.807) is 0 Å². The molecule has 2 rings (SSSR count). The molecule has 72 valence electrons. The first kappa shape index (κ1) is 8.56. The zero-order chi connectivity index (χ0) is 9.26. The molecule has 0 bridgehead atoms. The third-order valence-electron chi connectivity index (χ3n) is 2.26. The summed E-state index contributed by atoms with van der Waals surface area (Å²) in [6, 6.07) is 0. The SMILES string of the molecule is CCOc1noc2c1CN(C)CC2. The van der Waals surface area contributed by atoms with Crippen molar-refractivity contribution in [3.8, 4) is 5.88 Å².